The number of rotatable bonds is 7. The predicted molar refractivity (Wildman–Crippen MR) is 133 cm³/mol. The summed E-state index contributed by atoms with van der Waals surface area (Å²) in [7, 11) is 1.61. The van der Waals surface area contributed by atoms with E-state index < -0.39 is 17.0 Å². The van der Waals surface area contributed by atoms with Crippen molar-refractivity contribution in [3.05, 3.63) is 90.2 Å². The van der Waals surface area contributed by atoms with Crippen LogP contribution in [-0.2, 0) is 16.0 Å². The molecule has 0 aromatic heterocycles. The third kappa shape index (κ3) is 5.82. The standard InChI is InChI=1S/C26H24FN3O3S/c1-33-20-13-11-18(12-14-20)15-16-30-24(31)17-23(25(32)29-22-10-6-5-9-21(22)27)34-26(30)28-19-7-3-2-4-8-19/h2-14,23H,15-17H2,1H3,(H,29,32). The van der Waals surface area contributed by atoms with Gasteiger partial charge in [-0.25, -0.2) is 9.38 Å². The van der Waals surface area contributed by atoms with Gasteiger partial charge in [0.15, 0.2) is 5.17 Å². The second-order valence-corrected chi connectivity index (χ2v) is 8.82. The van der Waals surface area contributed by atoms with Gasteiger partial charge in [0.1, 0.15) is 16.8 Å². The van der Waals surface area contributed by atoms with Gasteiger partial charge in [0.25, 0.3) is 0 Å². The Labute approximate surface area is 201 Å². The lowest BCUT2D eigenvalue weighted by molar-refractivity contribution is -0.129. The summed E-state index contributed by atoms with van der Waals surface area (Å²) in [6, 6.07) is 22.9. The average Bonchev–Trinajstić information content (AvgIpc) is 2.85. The zero-order chi connectivity index (χ0) is 23.9. The van der Waals surface area contributed by atoms with Crippen LogP contribution in [0.1, 0.15) is 12.0 Å². The molecule has 4 rings (SSSR count). The molecule has 3 aromatic carbocycles. The molecule has 1 saturated heterocycles. The number of hydrogen-bond acceptors (Lipinski definition) is 5. The number of hydrogen-bond donors (Lipinski definition) is 1. The number of carbonyl (C=O) groups excluding carboxylic acids is 2. The summed E-state index contributed by atoms with van der Waals surface area (Å²) in [6.07, 6.45) is 0.623. The van der Waals surface area contributed by atoms with Gasteiger partial charge in [0, 0.05) is 13.0 Å². The highest BCUT2D eigenvalue weighted by molar-refractivity contribution is 8.15. The van der Waals surface area contributed by atoms with Crippen molar-refractivity contribution in [2.24, 2.45) is 4.99 Å². The minimum absolute atomic E-state index is 0.00136. The Balaban J connectivity index is 1.53. The number of nitrogens with one attached hydrogen (secondary N) is 1. The normalized spacial score (nSPS) is 17.0. The zero-order valence-corrected chi connectivity index (χ0v) is 19.4. The Morgan fingerprint density at radius 2 is 1.79 bits per heavy atom. The van der Waals surface area contributed by atoms with Gasteiger partial charge in [-0.05, 0) is 48.4 Å². The summed E-state index contributed by atoms with van der Waals surface area (Å²) in [4.78, 5) is 32.3. The number of methoxy groups -OCH3 is 1. The van der Waals surface area contributed by atoms with Crippen molar-refractivity contribution < 1.29 is 18.7 Å². The van der Waals surface area contributed by atoms with Crippen LogP contribution in [0.25, 0.3) is 0 Å². The van der Waals surface area contributed by atoms with E-state index in [1.165, 1.54) is 23.9 Å². The third-order valence-corrected chi connectivity index (χ3v) is 6.52. The number of halogens is 1. The molecule has 0 aliphatic carbocycles. The van der Waals surface area contributed by atoms with E-state index in [-0.39, 0.29) is 18.0 Å². The molecule has 0 spiro atoms. The largest absolute Gasteiger partial charge is 0.497 e. The highest BCUT2D eigenvalue weighted by Crippen LogP contribution is 2.30. The fourth-order valence-corrected chi connectivity index (χ4v) is 4.61. The third-order valence-electron chi connectivity index (χ3n) is 5.33. The van der Waals surface area contributed by atoms with Crippen LogP contribution in [0.3, 0.4) is 0 Å². The number of thioether (sulfide) groups is 1. The Morgan fingerprint density at radius 1 is 1.09 bits per heavy atom. The molecule has 0 bridgehead atoms. The minimum Gasteiger partial charge on any atom is -0.497 e. The van der Waals surface area contributed by atoms with E-state index in [9.17, 15) is 14.0 Å². The fourth-order valence-electron chi connectivity index (χ4n) is 3.48. The highest BCUT2D eigenvalue weighted by Gasteiger charge is 2.36. The van der Waals surface area contributed by atoms with E-state index in [0.717, 1.165) is 11.3 Å². The van der Waals surface area contributed by atoms with Crippen LogP contribution in [0.5, 0.6) is 5.75 Å². The molecule has 1 heterocycles. The number of ether oxygens (including phenoxy) is 1. The van der Waals surface area contributed by atoms with Crippen LogP contribution in [0.2, 0.25) is 0 Å². The van der Waals surface area contributed by atoms with Crippen molar-refractivity contribution in [3.63, 3.8) is 0 Å². The van der Waals surface area contributed by atoms with E-state index in [1.807, 2.05) is 54.6 Å². The van der Waals surface area contributed by atoms with Gasteiger partial charge in [-0.2, -0.15) is 0 Å². The number of para-hydroxylation sites is 2. The van der Waals surface area contributed by atoms with E-state index >= 15 is 0 Å². The number of carbonyl (C=O) groups is 2. The summed E-state index contributed by atoms with van der Waals surface area (Å²) in [6.45, 7) is 0.422. The van der Waals surface area contributed by atoms with Gasteiger partial charge in [-0.1, -0.05) is 54.2 Å². The lowest BCUT2D eigenvalue weighted by Gasteiger charge is -2.32. The van der Waals surface area contributed by atoms with Crippen molar-refractivity contribution in [1.29, 1.82) is 0 Å². The molecule has 1 atom stereocenters. The average molecular weight is 478 g/mol. The fraction of sp³-hybridized carbons (Fsp3) is 0.192. The first-order valence-electron chi connectivity index (χ1n) is 10.8. The lowest BCUT2D eigenvalue weighted by Crippen LogP contribution is -2.46. The molecule has 1 unspecified atom stereocenters. The molecule has 1 aliphatic rings. The molecule has 6 nitrogen and oxygen atoms in total. The molecule has 1 aliphatic heterocycles. The van der Waals surface area contributed by atoms with Gasteiger partial charge >= 0.3 is 0 Å². The van der Waals surface area contributed by atoms with Crippen molar-refractivity contribution >= 4 is 40.1 Å². The Bertz CT molecular complexity index is 1190. The molecular weight excluding hydrogens is 453 g/mol. The summed E-state index contributed by atoms with van der Waals surface area (Å²) < 4.78 is 19.2. The molecule has 2 amide bonds. The van der Waals surface area contributed by atoms with Crippen LogP contribution in [0, 0.1) is 5.82 Å². The lowest BCUT2D eigenvalue weighted by atomic mass is 10.1. The van der Waals surface area contributed by atoms with Gasteiger partial charge in [-0.3, -0.25) is 14.5 Å². The molecule has 8 heteroatoms. The zero-order valence-electron chi connectivity index (χ0n) is 18.6. The van der Waals surface area contributed by atoms with Crippen molar-refractivity contribution in [2.45, 2.75) is 18.1 Å². The predicted octanol–water partition coefficient (Wildman–Crippen LogP) is 5.04. The number of nitrogens with zero attached hydrogens (tertiary/aromatic N) is 2. The smallest absolute Gasteiger partial charge is 0.238 e. The molecule has 34 heavy (non-hydrogen) atoms. The maximum atomic E-state index is 14.0. The Morgan fingerprint density at radius 3 is 2.50 bits per heavy atom. The SMILES string of the molecule is COc1ccc(CCN2C(=O)CC(C(=O)Nc3ccccc3F)SC2=Nc2ccccc2)cc1. The number of benzene rings is 3. The molecule has 3 aromatic rings. The number of amides is 2. The van der Waals surface area contributed by atoms with Gasteiger partial charge < -0.3 is 10.1 Å². The highest BCUT2D eigenvalue weighted by atomic mass is 32.2. The Hall–Kier alpha value is -3.65. The number of aliphatic imine (C=N–C) groups is 1. The topological polar surface area (TPSA) is 71.0 Å². The van der Waals surface area contributed by atoms with Crippen LogP contribution in [0.15, 0.2) is 83.9 Å². The summed E-state index contributed by atoms with van der Waals surface area (Å²) in [5.41, 5.74) is 1.82. The van der Waals surface area contributed by atoms with Gasteiger partial charge in [0.05, 0.1) is 18.5 Å². The second kappa shape index (κ2) is 11.0. The molecule has 0 radical (unpaired) electrons. The number of amidine groups is 1. The van der Waals surface area contributed by atoms with Crippen molar-refractivity contribution in [2.75, 3.05) is 19.0 Å². The van der Waals surface area contributed by atoms with Crippen molar-refractivity contribution in [3.8, 4) is 5.75 Å². The van der Waals surface area contributed by atoms with E-state index in [2.05, 4.69) is 10.3 Å². The molecule has 0 saturated carbocycles. The molecule has 1 N–H and O–H groups in total. The van der Waals surface area contributed by atoms with Crippen LogP contribution in [0.4, 0.5) is 15.8 Å². The first-order valence-corrected chi connectivity index (χ1v) is 11.7. The van der Waals surface area contributed by atoms with Crippen molar-refractivity contribution in [1.82, 2.24) is 4.90 Å². The van der Waals surface area contributed by atoms with Gasteiger partial charge in [-0.15, -0.1) is 0 Å². The quantitative estimate of drug-likeness (QED) is 0.518. The monoisotopic (exact) mass is 477 g/mol. The first-order chi connectivity index (χ1) is 16.5. The van der Waals surface area contributed by atoms with E-state index in [4.69, 9.17) is 4.74 Å². The van der Waals surface area contributed by atoms with Crippen LogP contribution >= 0.6 is 11.8 Å². The molecule has 1 fully saturated rings. The van der Waals surface area contributed by atoms with Crippen LogP contribution in [-0.4, -0.2) is 40.8 Å². The maximum Gasteiger partial charge on any atom is 0.238 e. The van der Waals surface area contributed by atoms with E-state index in [0.29, 0.717) is 23.8 Å². The Kier molecular flexibility index (Phi) is 7.59. The number of anilines is 1. The maximum absolute atomic E-state index is 14.0. The molecular formula is C26H24FN3O3S. The second-order valence-electron chi connectivity index (χ2n) is 7.65. The van der Waals surface area contributed by atoms with Gasteiger partial charge in [0.2, 0.25) is 11.8 Å². The summed E-state index contributed by atoms with van der Waals surface area (Å²) in [5, 5.41) is 2.33. The van der Waals surface area contributed by atoms with E-state index in [1.54, 1.807) is 24.1 Å². The summed E-state index contributed by atoms with van der Waals surface area (Å²) in [5.74, 6) is -0.389. The summed E-state index contributed by atoms with van der Waals surface area (Å²) >= 11 is 1.21. The molecule has 174 valence electrons. The first kappa shape index (κ1) is 23.5. The minimum atomic E-state index is -0.716. The van der Waals surface area contributed by atoms with Crippen LogP contribution < -0.4 is 10.1 Å².